The average molecular weight is 366 g/mol. The molecule has 0 aliphatic carbocycles. The van der Waals surface area contributed by atoms with Crippen LogP contribution < -0.4 is 11.1 Å². The standard InChI is InChI=1S/C21H20ClN3O/c22-19-13-12-18(20(23)25-19)21(26)24-14-17-10-8-16(9-11-17)7-6-15-4-2-1-3-5-15/h1-5,8-13H,6-7,14H2,(H2,23,25)(H,24,26). The Balaban J connectivity index is 1.53. The van der Waals surface area contributed by atoms with Crippen molar-refractivity contribution in [3.05, 3.63) is 94.1 Å². The summed E-state index contributed by atoms with van der Waals surface area (Å²) >= 11 is 5.75. The Morgan fingerprint density at radius 3 is 2.15 bits per heavy atom. The SMILES string of the molecule is Nc1nc(Cl)ccc1C(=O)NCc1ccc(CCc2ccccc2)cc1. The summed E-state index contributed by atoms with van der Waals surface area (Å²) in [6, 6.07) is 21.8. The van der Waals surface area contributed by atoms with Gasteiger partial charge in [0.1, 0.15) is 11.0 Å². The van der Waals surface area contributed by atoms with Crippen molar-refractivity contribution in [1.29, 1.82) is 0 Å². The third-order valence-electron chi connectivity index (χ3n) is 4.16. The van der Waals surface area contributed by atoms with Crippen molar-refractivity contribution in [2.75, 3.05) is 5.73 Å². The van der Waals surface area contributed by atoms with Crippen LogP contribution in [0.1, 0.15) is 27.0 Å². The molecule has 0 aliphatic rings. The Bertz CT molecular complexity index is 880. The molecule has 26 heavy (non-hydrogen) atoms. The van der Waals surface area contributed by atoms with Crippen LogP contribution >= 0.6 is 11.6 Å². The first-order chi connectivity index (χ1) is 12.6. The molecule has 1 amide bonds. The predicted octanol–water partition coefficient (Wildman–Crippen LogP) is 4.03. The lowest BCUT2D eigenvalue weighted by atomic mass is 10.0. The molecule has 0 saturated carbocycles. The van der Waals surface area contributed by atoms with E-state index < -0.39 is 0 Å². The molecule has 4 nitrogen and oxygen atoms in total. The highest BCUT2D eigenvalue weighted by Crippen LogP contribution is 2.14. The van der Waals surface area contributed by atoms with E-state index in [2.05, 4.69) is 46.7 Å². The van der Waals surface area contributed by atoms with E-state index in [1.807, 2.05) is 18.2 Å². The van der Waals surface area contributed by atoms with E-state index in [0.717, 1.165) is 18.4 Å². The molecule has 1 heterocycles. The maximum atomic E-state index is 12.2. The lowest BCUT2D eigenvalue weighted by Crippen LogP contribution is -2.24. The minimum atomic E-state index is -0.264. The number of aryl methyl sites for hydroxylation is 2. The number of amides is 1. The molecule has 3 rings (SSSR count). The molecule has 2 aromatic carbocycles. The molecule has 3 N–H and O–H groups in total. The molecule has 0 spiro atoms. The lowest BCUT2D eigenvalue weighted by Gasteiger charge is -2.08. The number of benzene rings is 2. The number of aromatic nitrogens is 1. The van der Waals surface area contributed by atoms with Crippen LogP contribution in [0.5, 0.6) is 0 Å². The number of carbonyl (C=O) groups is 1. The zero-order valence-corrected chi connectivity index (χ0v) is 15.0. The summed E-state index contributed by atoms with van der Waals surface area (Å²) < 4.78 is 0. The number of carbonyl (C=O) groups excluding carboxylic acids is 1. The second-order valence-corrected chi connectivity index (χ2v) is 6.44. The molecule has 0 unspecified atom stereocenters. The molecule has 0 aliphatic heterocycles. The van der Waals surface area contributed by atoms with Crippen molar-refractivity contribution in [1.82, 2.24) is 10.3 Å². The van der Waals surface area contributed by atoms with Gasteiger partial charge in [-0.15, -0.1) is 0 Å². The van der Waals surface area contributed by atoms with E-state index in [9.17, 15) is 4.79 Å². The largest absolute Gasteiger partial charge is 0.383 e. The fraction of sp³-hybridized carbons (Fsp3) is 0.143. The quantitative estimate of drug-likeness (QED) is 0.648. The molecule has 5 heteroatoms. The number of hydrogen-bond donors (Lipinski definition) is 2. The van der Waals surface area contributed by atoms with E-state index in [4.69, 9.17) is 17.3 Å². The summed E-state index contributed by atoms with van der Waals surface area (Å²) in [6.45, 7) is 0.430. The average Bonchev–Trinajstić information content (AvgIpc) is 2.66. The highest BCUT2D eigenvalue weighted by Gasteiger charge is 2.10. The number of nitrogens with two attached hydrogens (primary N) is 1. The van der Waals surface area contributed by atoms with Crippen molar-refractivity contribution in [3.8, 4) is 0 Å². The summed E-state index contributed by atoms with van der Waals surface area (Å²) in [5.41, 5.74) is 9.70. The molecule has 0 fully saturated rings. The van der Waals surface area contributed by atoms with Gasteiger partial charge in [-0.1, -0.05) is 66.2 Å². The first kappa shape index (κ1) is 18.0. The number of nitrogens with one attached hydrogen (secondary N) is 1. The number of hydrogen-bond acceptors (Lipinski definition) is 3. The molecule has 0 radical (unpaired) electrons. The van der Waals surface area contributed by atoms with Gasteiger partial charge in [0.25, 0.3) is 5.91 Å². The monoisotopic (exact) mass is 365 g/mol. The Morgan fingerprint density at radius 1 is 0.885 bits per heavy atom. The van der Waals surface area contributed by atoms with Gasteiger partial charge in [0.15, 0.2) is 0 Å². The molecular formula is C21H20ClN3O. The summed E-state index contributed by atoms with van der Waals surface area (Å²) in [5.74, 6) is -0.133. The molecule has 0 bridgehead atoms. The number of halogens is 1. The number of rotatable bonds is 6. The third-order valence-corrected chi connectivity index (χ3v) is 4.37. The van der Waals surface area contributed by atoms with E-state index in [0.29, 0.717) is 12.1 Å². The number of anilines is 1. The predicted molar refractivity (Wildman–Crippen MR) is 105 cm³/mol. The van der Waals surface area contributed by atoms with Gasteiger partial charge >= 0.3 is 0 Å². The summed E-state index contributed by atoms with van der Waals surface area (Å²) in [6.07, 6.45) is 2.00. The number of pyridine rings is 1. The van der Waals surface area contributed by atoms with Crippen molar-refractivity contribution >= 4 is 23.3 Å². The van der Waals surface area contributed by atoms with Crippen LogP contribution in [0.3, 0.4) is 0 Å². The molecule has 0 saturated heterocycles. The topological polar surface area (TPSA) is 68.0 Å². The highest BCUT2D eigenvalue weighted by atomic mass is 35.5. The Labute approximate surface area is 158 Å². The van der Waals surface area contributed by atoms with Gasteiger partial charge in [0, 0.05) is 6.54 Å². The number of nitrogen functional groups attached to an aromatic ring is 1. The lowest BCUT2D eigenvalue weighted by molar-refractivity contribution is 0.0951. The van der Waals surface area contributed by atoms with Crippen LogP contribution in [-0.2, 0) is 19.4 Å². The van der Waals surface area contributed by atoms with Crippen LogP contribution in [0, 0.1) is 0 Å². The third kappa shape index (κ3) is 4.83. The molecule has 0 atom stereocenters. The molecular weight excluding hydrogens is 346 g/mol. The second kappa shape index (κ2) is 8.50. The maximum Gasteiger partial charge on any atom is 0.255 e. The first-order valence-electron chi connectivity index (χ1n) is 8.44. The van der Waals surface area contributed by atoms with Crippen LogP contribution in [0.4, 0.5) is 5.82 Å². The minimum absolute atomic E-state index is 0.131. The second-order valence-electron chi connectivity index (χ2n) is 6.05. The summed E-state index contributed by atoms with van der Waals surface area (Å²) in [5, 5.41) is 3.12. The van der Waals surface area contributed by atoms with Crippen molar-refractivity contribution in [3.63, 3.8) is 0 Å². The van der Waals surface area contributed by atoms with Crippen LogP contribution in [0.25, 0.3) is 0 Å². The normalized spacial score (nSPS) is 10.5. The summed E-state index contributed by atoms with van der Waals surface area (Å²) in [4.78, 5) is 16.1. The van der Waals surface area contributed by atoms with Gasteiger partial charge in [-0.3, -0.25) is 4.79 Å². The van der Waals surface area contributed by atoms with Gasteiger partial charge in [-0.05, 0) is 41.7 Å². The Kier molecular flexibility index (Phi) is 5.87. The van der Waals surface area contributed by atoms with E-state index in [1.54, 1.807) is 12.1 Å². The van der Waals surface area contributed by atoms with E-state index in [-0.39, 0.29) is 16.9 Å². The fourth-order valence-electron chi connectivity index (χ4n) is 2.68. The maximum absolute atomic E-state index is 12.2. The molecule has 1 aromatic heterocycles. The smallest absolute Gasteiger partial charge is 0.255 e. The van der Waals surface area contributed by atoms with E-state index in [1.165, 1.54) is 11.1 Å². The van der Waals surface area contributed by atoms with Gasteiger partial charge in [-0.2, -0.15) is 0 Å². The van der Waals surface area contributed by atoms with Crippen LogP contribution in [0.15, 0.2) is 66.7 Å². The van der Waals surface area contributed by atoms with Gasteiger partial charge in [-0.25, -0.2) is 4.98 Å². The minimum Gasteiger partial charge on any atom is -0.383 e. The fourth-order valence-corrected chi connectivity index (χ4v) is 2.83. The Morgan fingerprint density at radius 2 is 1.50 bits per heavy atom. The van der Waals surface area contributed by atoms with E-state index >= 15 is 0 Å². The van der Waals surface area contributed by atoms with Crippen molar-refractivity contribution < 1.29 is 4.79 Å². The van der Waals surface area contributed by atoms with Crippen LogP contribution in [0.2, 0.25) is 5.15 Å². The van der Waals surface area contributed by atoms with Crippen molar-refractivity contribution in [2.45, 2.75) is 19.4 Å². The number of nitrogens with zero attached hydrogens (tertiary/aromatic N) is 1. The highest BCUT2D eigenvalue weighted by molar-refractivity contribution is 6.29. The van der Waals surface area contributed by atoms with Crippen LogP contribution in [-0.4, -0.2) is 10.9 Å². The Hall–Kier alpha value is -2.85. The first-order valence-corrected chi connectivity index (χ1v) is 8.81. The van der Waals surface area contributed by atoms with Crippen molar-refractivity contribution in [2.24, 2.45) is 0 Å². The molecule has 132 valence electrons. The zero-order valence-electron chi connectivity index (χ0n) is 14.3. The van der Waals surface area contributed by atoms with Gasteiger partial charge in [0.2, 0.25) is 0 Å². The molecule has 3 aromatic rings. The summed E-state index contributed by atoms with van der Waals surface area (Å²) in [7, 11) is 0. The zero-order chi connectivity index (χ0) is 18.4. The van der Waals surface area contributed by atoms with Gasteiger partial charge < -0.3 is 11.1 Å². The van der Waals surface area contributed by atoms with Gasteiger partial charge in [0.05, 0.1) is 5.56 Å².